The number of carbonyl (C=O) groups excluding carboxylic acids is 1. The summed E-state index contributed by atoms with van der Waals surface area (Å²) in [5, 5.41) is 3.08. The molecule has 4 heteroatoms. The number of carbonyl (C=O) groups is 1. The maximum atomic E-state index is 12.7. The average Bonchev–Trinajstić information content (AvgIpc) is 3.15. The number of amides is 1. The largest absolute Gasteiger partial charge is 0.365 e. The number of para-hydroxylation sites is 1. The summed E-state index contributed by atoms with van der Waals surface area (Å²) in [7, 11) is 0. The molecule has 1 N–H and O–H groups in total. The van der Waals surface area contributed by atoms with Crippen molar-refractivity contribution in [2.75, 3.05) is 31.1 Å². The lowest BCUT2D eigenvalue weighted by atomic mass is 9.83. The molecule has 1 amide bonds. The summed E-state index contributed by atoms with van der Waals surface area (Å²) in [6.45, 7) is 5.96. The first kappa shape index (κ1) is 15.9. The Kier molecular flexibility index (Phi) is 4.49. The van der Waals surface area contributed by atoms with Crippen molar-refractivity contribution in [1.29, 1.82) is 0 Å². The van der Waals surface area contributed by atoms with Gasteiger partial charge < -0.3 is 10.2 Å². The lowest BCUT2D eigenvalue weighted by Gasteiger charge is -2.50. The Morgan fingerprint density at radius 2 is 2.00 bits per heavy atom. The summed E-state index contributed by atoms with van der Waals surface area (Å²) < 4.78 is 0. The van der Waals surface area contributed by atoms with Crippen molar-refractivity contribution in [3.63, 3.8) is 0 Å². The van der Waals surface area contributed by atoms with Gasteiger partial charge in [0.2, 0.25) is 5.91 Å². The molecular formula is C20H29N3O. The van der Waals surface area contributed by atoms with Gasteiger partial charge in [0.1, 0.15) is 0 Å². The summed E-state index contributed by atoms with van der Waals surface area (Å²) in [6.07, 6.45) is 6.31. The van der Waals surface area contributed by atoms with Gasteiger partial charge in [-0.3, -0.25) is 9.69 Å². The van der Waals surface area contributed by atoms with E-state index < -0.39 is 0 Å². The summed E-state index contributed by atoms with van der Waals surface area (Å²) >= 11 is 0. The van der Waals surface area contributed by atoms with Gasteiger partial charge in [-0.2, -0.15) is 0 Å². The highest BCUT2D eigenvalue weighted by Gasteiger charge is 2.42. The number of nitrogens with zero attached hydrogens (tertiary/aromatic N) is 2. The zero-order chi connectivity index (χ0) is 16.5. The molecule has 1 saturated carbocycles. The Morgan fingerprint density at radius 3 is 2.79 bits per heavy atom. The number of nitrogens with one attached hydrogen (secondary N) is 1. The van der Waals surface area contributed by atoms with Crippen LogP contribution in [0, 0.1) is 5.92 Å². The fraction of sp³-hybridized carbons (Fsp3) is 0.650. The molecule has 2 heterocycles. The van der Waals surface area contributed by atoms with Crippen molar-refractivity contribution >= 4 is 11.6 Å². The SMILES string of the molecule is CCNC(=O)[C@H]1Cc2ccccc2N2CCN(C3CCCC3)C[C@H]12. The van der Waals surface area contributed by atoms with Crippen LogP contribution in [0.1, 0.15) is 38.2 Å². The molecule has 4 rings (SSSR count). The van der Waals surface area contributed by atoms with E-state index in [4.69, 9.17) is 0 Å². The van der Waals surface area contributed by atoms with Crippen molar-refractivity contribution in [2.24, 2.45) is 5.92 Å². The molecule has 0 radical (unpaired) electrons. The summed E-state index contributed by atoms with van der Waals surface area (Å²) in [4.78, 5) is 17.9. The van der Waals surface area contributed by atoms with Crippen LogP contribution >= 0.6 is 0 Å². The molecule has 1 aromatic rings. The Balaban J connectivity index is 1.61. The number of hydrogen-bond acceptors (Lipinski definition) is 3. The zero-order valence-electron chi connectivity index (χ0n) is 14.7. The first-order valence-electron chi connectivity index (χ1n) is 9.64. The van der Waals surface area contributed by atoms with E-state index in [1.165, 1.54) is 36.9 Å². The number of hydrogen-bond donors (Lipinski definition) is 1. The second-order valence-corrected chi connectivity index (χ2v) is 7.53. The molecule has 0 bridgehead atoms. The minimum Gasteiger partial charge on any atom is -0.365 e. The van der Waals surface area contributed by atoms with Gasteiger partial charge in [-0.15, -0.1) is 0 Å². The highest BCUT2D eigenvalue weighted by atomic mass is 16.1. The van der Waals surface area contributed by atoms with Gasteiger partial charge >= 0.3 is 0 Å². The molecule has 0 unspecified atom stereocenters. The van der Waals surface area contributed by atoms with E-state index in [0.717, 1.165) is 38.6 Å². The second-order valence-electron chi connectivity index (χ2n) is 7.53. The first-order chi connectivity index (χ1) is 11.8. The smallest absolute Gasteiger partial charge is 0.225 e. The number of benzene rings is 1. The number of fused-ring (bicyclic) bond motifs is 3. The Bertz CT molecular complexity index is 596. The van der Waals surface area contributed by atoms with Gasteiger partial charge in [-0.25, -0.2) is 0 Å². The Labute approximate surface area is 145 Å². The van der Waals surface area contributed by atoms with E-state index >= 15 is 0 Å². The van der Waals surface area contributed by atoms with Crippen LogP contribution in [-0.4, -0.2) is 49.1 Å². The molecule has 2 fully saturated rings. The van der Waals surface area contributed by atoms with E-state index in [-0.39, 0.29) is 11.8 Å². The van der Waals surface area contributed by atoms with Gasteiger partial charge in [0.15, 0.2) is 0 Å². The van der Waals surface area contributed by atoms with E-state index in [9.17, 15) is 4.79 Å². The predicted molar refractivity (Wildman–Crippen MR) is 97.3 cm³/mol. The van der Waals surface area contributed by atoms with Gasteiger partial charge in [-0.05, 0) is 37.8 Å². The van der Waals surface area contributed by atoms with E-state index in [1.807, 2.05) is 6.92 Å². The van der Waals surface area contributed by atoms with Gasteiger partial charge in [0.05, 0.1) is 12.0 Å². The lowest BCUT2D eigenvalue weighted by Crippen LogP contribution is -2.62. The lowest BCUT2D eigenvalue weighted by molar-refractivity contribution is -0.126. The third-order valence-electron chi connectivity index (χ3n) is 6.18. The normalized spacial score (nSPS) is 27.6. The molecule has 0 spiro atoms. The number of rotatable bonds is 3. The fourth-order valence-electron chi connectivity index (χ4n) is 4.99. The van der Waals surface area contributed by atoms with Crippen LogP contribution in [0.2, 0.25) is 0 Å². The van der Waals surface area contributed by atoms with Crippen LogP contribution in [0.25, 0.3) is 0 Å². The summed E-state index contributed by atoms with van der Waals surface area (Å²) in [5.74, 6) is 0.305. The Hall–Kier alpha value is -1.55. The standard InChI is InChI=1S/C20H29N3O/c1-2-21-20(24)17-13-15-7-3-6-10-18(15)23-12-11-22(14-19(17)23)16-8-4-5-9-16/h3,6-7,10,16-17,19H,2,4-5,8-9,11-14H2,1H3,(H,21,24)/t17-,19+/m0/s1. The molecular weight excluding hydrogens is 298 g/mol. The highest BCUT2D eigenvalue weighted by Crippen LogP contribution is 2.37. The highest BCUT2D eigenvalue weighted by molar-refractivity contribution is 5.82. The monoisotopic (exact) mass is 327 g/mol. The van der Waals surface area contributed by atoms with E-state index in [1.54, 1.807) is 0 Å². The minimum absolute atomic E-state index is 0.0732. The Morgan fingerprint density at radius 1 is 1.21 bits per heavy atom. The zero-order valence-corrected chi connectivity index (χ0v) is 14.7. The third kappa shape index (κ3) is 2.81. The van der Waals surface area contributed by atoms with Crippen LogP contribution in [0.4, 0.5) is 5.69 Å². The van der Waals surface area contributed by atoms with Crippen molar-refractivity contribution in [3.8, 4) is 0 Å². The maximum absolute atomic E-state index is 12.7. The van der Waals surface area contributed by atoms with Crippen LogP contribution in [0.5, 0.6) is 0 Å². The van der Waals surface area contributed by atoms with Crippen molar-refractivity contribution in [1.82, 2.24) is 10.2 Å². The van der Waals surface area contributed by atoms with Gasteiger partial charge in [0.25, 0.3) is 0 Å². The van der Waals surface area contributed by atoms with Crippen LogP contribution in [0.15, 0.2) is 24.3 Å². The van der Waals surface area contributed by atoms with E-state index in [0.29, 0.717) is 6.04 Å². The quantitative estimate of drug-likeness (QED) is 0.926. The van der Waals surface area contributed by atoms with Crippen LogP contribution in [-0.2, 0) is 11.2 Å². The average molecular weight is 327 g/mol. The molecule has 4 nitrogen and oxygen atoms in total. The first-order valence-corrected chi connectivity index (χ1v) is 9.64. The maximum Gasteiger partial charge on any atom is 0.225 e. The summed E-state index contributed by atoms with van der Waals surface area (Å²) in [5.41, 5.74) is 2.69. The second kappa shape index (κ2) is 6.75. The molecule has 130 valence electrons. The summed E-state index contributed by atoms with van der Waals surface area (Å²) in [6, 6.07) is 9.73. The van der Waals surface area contributed by atoms with Crippen LogP contribution < -0.4 is 10.2 Å². The topological polar surface area (TPSA) is 35.6 Å². The van der Waals surface area contributed by atoms with Crippen molar-refractivity contribution in [2.45, 2.75) is 51.1 Å². The van der Waals surface area contributed by atoms with Gasteiger partial charge in [0, 0.05) is 37.9 Å². The van der Waals surface area contributed by atoms with Crippen molar-refractivity contribution < 1.29 is 4.79 Å². The molecule has 1 aliphatic carbocycles. The minimum atomic E-state index is 0.0732. The molecule has 0 aromatic heterocycles. The molecule has 2 atom stereocenters. The number of piperazine rings is 1. The third-order valence-corrected chi connectivity index (χ3v) is 6.18. The molecule has 1 saturated heterocycles. The molecule has 2 aliphatic heterocycles. The van der Waals surface area contributed by atoms with E-state index in [2.05, 4.69) is 39.4 Å². The van der Waals surface area contributed by atoms with Gasteiger partial charge in [-0.1, -0.05) is 31.0 Å². The molecule has 3 aliphatic rings. The fourth-order valence-corrected chi connectivity index (χ4v) is 4.99. The predicted octanol–water partition coefficient (Wildman–Crippen LogP) is 2.43. The van der Waals surface area contributed by atoms with Crippen molar-refractivity contribution in [3.05, 3.63) is 29.8 Å². The number of anilines is 1. The molecule has 1 aromatic carbocycles. The molecule has 24 heavy (non-hydrogen) atoms. The van der Waals surface area contributed by atoms with Crippen LogP contribution in [0.3, 0.4) is 0 Å².